The van der Waals surface area contributed by atoms with Gasteiger partial charge in [0.25, 0.3) is 0 Å². The van der Waals surface area contributed by atoms with Gasteiger partial charge in [-0.25, -0.2) is 0 Å². The number of aromatic amines is 1. The van der Waals surface area contributed by atoms with E-state index in [9.17, 15) is 0 Å². The maximum absolute atomic E-state index is 6.20. The van der Waals surface area contributed by atoms with E-state index in [0.29, 0.717) is 16.3 Å². The summed E-state index contributed by atoms with van der Waals surface area (Å²) >= 11 is 11.6. The van der Waals surface area contributed by atoms with Crippen LogP contribution >= 0.6 is 23.8 Å². The van der Waals surface area contributed by atoms with Crippen molar-refractivity contribution in [3.63, 3.8) is 0 Å². The van der Waals surface area contributed by atoms with Crippen LogP contribution in [0.15, 0.2) is 18.2 Å². The molecule has 0 amide bonds. The van der Waals surface area contributed by atoms with Crippen LogP contribution in [-0.2, 0) is 13.6 Å². The van der Waals surface area contributed by atoms with Gasteiger partial charge in [-0.3, -0.25) is 4.68 Å². The molecular formula is C14H15ClN4S. The Hall–Kier alpha value is -1.59. The molecule has 0 spiro atoms. The van der Waals surface area contributed by atoms with Gasteiger partial charge in [0.1, 0.15) is 0 Å². The third kappa shape index (κ3) is 1.98. The first-order valence-electron chi connectivity index (χ1n) is 6.35. The number of imidazole rings is 1. The van der Waals surface area contributed by atoms with Crippen molar-refractivity contribution < 1.29 is 0 Å². The lowest BCUT2D eigenvalue weighted by Crippen LogP contribution is -2.02. The summed E-state index contributed by atoms with van der Waals surface area (Å²) in [5, 5.41) is 5.14. The Kier molecular flexibility index (Phi) is 3.18. The number of aromatic nitrogens is 4. The van der Waals surface area contributed by atoms with E-state index in [4.69, 9.17) is 23.8 Å². The van der Waals surface area contributed by atoms with Crippen molar-refractivity contribution in [3.8, 4) is 0 Å². The fraction of sp³-hybridized carbons (Fsp3) is 0.286. The zero-order valence-electron chi connectivity index (χ0n) is 11.6. The predicted molar refractivity (Wildman–Crippen MR) is 83.9 cm³/mol. The maximum Gasteiger partial charge on any atom is 0.178 e. The van der Waals surface area contributed by atoms with Gasteiger partial charge in [0, 0.05) is 18.3 Å². The molecule has 0 aliphatic rings. The monoisotopic (exact) mass is 306 g/mol. The van der Waals surface area contributed by atoms with Gasteiger partial charge in [0.2, 0.25) is 0 Å². The summed E-state index contributed by atoms with van der Waals surface area (Å²) in [7, 11) is 1.96. The van der Waals surface area contributed by atoms with Crippen molar-refractivity contribution in [2.45, 2.75) is 20.4 Å². The topological polar surface area (TPSA) is 38.5 Å². The van der Waals surface area contributed by atoms with E-state index < -0.39 is 0 Å². The molecule has 3 aromatic rings. The SMILES string of the molecule is Cc1nn(C)c(C)c1Cn1c(=S)[nH]c2c(Cl)cccc21. The predicted octanol–water partition coefficient (Wildman–Crippen LogP) is 3.75. The standard InChI is InChI=1S/C14H15ClN4S/c1-8-10(9(2)18(3)17-8)7-19-12-6-4-5-11(15)13(12)16-14(19)20/h4-6H,7H2,1-3H3,(H,16,20). The Morgan fingerprint density at radius 3 is 2.75 bits per heavy atom. The summed E-state index contributed by atoms with van der Waals surface area (Å²) in [4.78, 5) is 3.18. The second-order valence-corrected chi connectivity index (χ2v) is 5.72. The molecule has 0 aliphatic heterocycles. The minimum absolute atomic E-state index is 0.677. The van der Waals surface area contributed by atoms with Crippen molar-refractivity contribution in [1.82, 2.24) is 19.3 Å². The number of aryl methyl sites for hydroxylation is 2. The van der Waals surface area contributed by atoms with E-state index in [1.165, 1.54) is 5.56 Å². The fourth-order valence-corrected chi connectivity index (χ4v) is 2.99. The molecule has 3 rings (SSSR count). The van der Waals surface area contributed by atoms with Crippen LogP contribution in [0.1, 0.15) is 17.0 Å². The van der Waals surface area contributed by atoms with Crippen LogP contribution in [-0.4, -0.2) is 19.3 Å². The van der Waals surface area contributed by atoms with Gasteiger partial charge in [-0.2, -0.15) is 5.10 Å². The number of fused-ring (bicyclic) bond motifs is 1. The summed E-state index contributed by atoms with van der Waals surface area (Å²) in [6.45, 7) is 4.79. The Balaban J connectivity index is 2.18. The van der Waals surface area contributed by atoms with Crippen molar-refractivity contribution in [2.24, 2.45) is 7.05 Å². The van der Waals surface area contributed by atoms with Gasteiger partial charge in [0.15, 0.2) is 4.77 Å². The first-order valence-corrected chi connectivity index (χ1v) is 7.13. The first-order chi connectivity index (χ1) is 9.49. The highest BCUT2D eigenvalue weighted by Crippen LogP contribution is 2.24. The van der Waals surface area contributed by atoms with Gasteiger partial charge < -0.3 is 9.55 Å². The zero-order chi connectivity index (χ0) is 14.4. The van der Waals surface area contributed by atoms with Crippen LogP contribution in [0.4, 0.5) is 0 Å². The Bertz CT molecular complexity index is 856. The Labute approximate surface area is 127 Å². The summed E-state index contributed by atoms with van der Waals surface area (Å²) in [5.41, 5.74) is 5.29. The van der Waals surface area contributed by atoms with E-state index in [1.54, 1.807) is 0 Å². The Morgan fingerprint density at radius 1 is 1.35 bits per heavy atom. The van der Waals surface area contributed by atoms with Crippen molar-refractivity contribution in [2.75, 3.05) is 0 Å². The number of halogens is 1. The zero-order valence-corrected chi connectivity index (χ0v) is 13.1. The number of nitrogens with zero attached hydrogens (tertiary/aromatic N) is 3. The average Bonchev–Trinajstić information content (AvgIpc) is 2.84. The molecule has 1 N–H and O–H groups in total. The van der Waals surface area contributed by atoms with E-state index >= 15 is 0 Å². The highest BCUT2D eigenvalue weighted by atomic mass is 35.5. The number of benzene rings is 1. The van der Waals surface area contributed by atoms with E-state index in [1.807, 2.05) is 36.9 Å². The largest absolute Gasteiger partial charge is 0.329 e. The molecule has 0 fully saturated rings. The molecule has 0 aliphatic carbocycles. The van der Waals surface area contributed by atoms with Crippen molar-refractivity contribution >= 4 is 34.9 Å². The molecule has 0 radical (unpaired) electrons. The summed E-state index contributed by atoms with van der Waals surface area (Å²) in [6, 6.07) is 5.82. The number of hydrogen-bond donors (Lipinski definition) is 1. The second kappa shape index (κ2) is 4.75. The smallest absolute Gasteiger partial charge is 0.178 e. The lowest BCUT2D eigenvalue weighted by atomic mass is 10.2. The van der Waals surface area contributed by atoms with Crippen molar-refractivity contribution in [3.05, 3.63) is 44.9 Å². The molecule has 0 saturated carbocycles. The molecule has 104 valence electrons. The van der Waals surface area contributed by atoms with Gasteiger partial charge in [-0.05, 0) is 38.2 Å². The van der Waals surface area contributed by atoms with Crippen LogP contribution < -0.4 is 0 Å². The summed E-state index contributed by atoms with van der Waals surface area (Å²) in [5.74, 6) is 0. The van der Waals surface area contributed by atoms with Crippen LogP contribution in [0.3, 0.4) is 0 Å². The van der Waals surface area contributed by atoms with E-state index in [0.717, 1.165) is 22.4 Å². The highest BCUT2D eigenvalue weighted by molar-refractivity contribution is 7.71. The van der Waals surface area contributed by atoms with E-state index in [-0.39, 0.29) is 0 Å². The normalized spacial score (nSPS) is 11.4. The number of nitrogens with one attached hydrogen (secondary N) is 1. The lowest BCUT2D eigenvalue weighted by Gasteiger charge is -2.05. The van der Waals surface area contributed by atoms with Gasteiger partial charge >= 0.3 is 0 Å². The molecule has 2 heterocycles. The molecule has 0 saturated heterocycles. The van der Waals surface area contributed by atoms with Gasteiger partial charge in [-0.1, -0.05) is 17.7 Å². The van der Waals surface area contributed by atoms with Crippen LogP contribution in [0.25, 0.3) is 11.0 Å². The third-order valence-corrected chi connectivity index (χ3v) is 4.37. The molecule has 0 atom stereocenters. The van der Waals surface area contributed by atoms with Crippen LogP contribution in [0.5, 0.6) is 0 Å². The molecule has 2 aromatic heterocycles. The minimum Gasteiger partial charge on any atom is -0.329 e. The average molecular weight is 307 g/mol. The van der Waals surface area contributed by atoms with Gasteiger partial charge in [-0.15, -0.1) is 0 Å². The lowest BCUT2D eigenvalue weighted by molar-refractivity contribution is 0.727. The van der Waals surface area contributed by atoms with Crippen molar-refractivity contribution in [1.29, 1.82) is 0 Å². The first kappa shape index (κ1) is 13.4. The summed E-state index contributed by atoms with van der Waals surface area (Å²) < 4.78 is 4.64. The highest BCUT2D eigenvalue weighted by Gasteiger charge is 2.13. The molecule has 4 nitrogen and oxygen atoms in total. The maximum atomic E-state index is 6.20. The quantitative estimate of drug-likeness (QED) is 0.732. The fourth-order valence-electron chi connectivity index (χ4n) is 2.51. The molecule has 20 heavy (non-hydrogen) atoms. The molecular weight excluding hydrogens is 292 g/mol. The molecule has 0 bridgehead atoms. The number of para-hydroxylation sites is 1. The minimum atomic E-state index is 0.677. The molecule has 1 aromatic carbocycles. The Morgan fingerprint density at radius 2 is 2.10 bits per heavy atom. The number of hydrogen-bond acceptors (Lipinski definition) is 2. The molecule has 6 heteroatoms. The van der Waals surface area contributed by atoms with Crippen LogP contribution in [0.2, 0.25) is 5.02 Å². The van der Waals surface area contributed by atoms with E-state index in [2.05, 4.69) is 21.6 Å². The third-order valence-electron chi connectivity index (χ3n) is 3.73. The number of rotatable bonds is 2. The second-order valence-electron chi connectivity index (χ2n) is 4.92. The molecule has 0 unspecified atom stereocenters. The number of H-pyrrole nitrogens is 1. The van der Waals surface area contributed by atoms with Gasteiger partial charge in [0.05, 0.1) is 28.3 Å². The van der Waals surface area contributed by atoms with Crippen LogP contribution in [0, 0.1) is 18.6 Å². The summed E-state index contributed by atoms with van der Waals surface area (Å²) in [6.07, 6.45) is 0.